The number of rotatable bonds is 5. The molecule has 0 atom stereocenters. The molecular weight excluding hydrogens is 374 g/mol. The Morgan fingerprint density at radius 1 is 1.00 bits per heavy atom. The van der Waals surface area contributed by atoms with E-state index in [0.29, 0.717) is 11.3 Å². The van der Waals surface area contributed by atoms with E-state index in [1.54, 1.807) is 37.6 Å². The Balaban J connectivity index is 1.60. The van der Waals surface area contributed by atoms with Crippen molar-refractivity contribution in [2.45, 2.75) is 11.3 Å². The molecule has 0 bridgehead atoms. The molecule has 0 aliphatic heterocycles. The minimum Gasteiger partial charge on any atom is -0.497 e. The summed E-state index contributed by atoms with van der Waals surface area (Å²) < 4.78 is 28.4. The van der Waals surface area contributed by atoms with Gasteiger partial charge in [-0.2, -0.15) is 0 Å². The second-order valence-electron chi connectivity index (χ2n) is 6.60. The number of hydrogen-bond donors (Lipinski definition) is 1. The van der Waals surface area contributed by atoms with Crippen molar-refractivity contribution in [3.05, 3.63) is 72.2 Å². The first-order chi connectivity index (χ1) is 13.4. The maximum atomic E-state index is 11.6. The number of ether oxygens (including phenoxy) is 1. The summed E-state index contributed by atoms with van der Waals surface area (Å²) in [6, 6.07) is 16.6. The molecule has 142 valence electrons. The summed E-state index contributed by atoms with van der Waals surface area (Å²) in [7, 11) is -1.56. The van der Waals surface area contributed by atoms with Crippen LogP contribution in [0.15, 0.2) is 65.7 Å². The molecule has 0 unspecified atom stereocenters. The first-order valence-corrected chi connectivity index (χ1v) is 10.6. The van der Waals surface area contributed by atoms with Gasteiger partial charge in [0, 0.05) is 24.4 Å². The summed E-state index contributed by atoms with van der Waals surface area (Å²) in [6.07, 6.45) is 3.62. The molecular formula is C21H19N3O3S. The first kappa shape index (κ1) is 18.2. The largest absolute Gasteiger partial charge is 0.497 e. The molecule has 0 amide bonds. The second kappa shape index (κ2) is 7.09. The lowest BCUT2D eigenvalue weighted by molar-refractivity contribution is 0.414. The molecule has 6 nitrogen and oxygen atoms in total. The van der Waals surface area contributed by atoms with E-state index in [2.05, 4.69) is 15.0 Å². The van der Waals surface area contributed by atoms with Gasteiger partial charge in [0.1, 0.15) is 17.1 Å². The fourth-order valence-electron chi connectivity index (χ4n) is 3.02. The van der Waals surface area contributed by atoms with Crippen LogP contribution in [0.25, 0.3) is 22.3 Å². The van der Waals surface area contributed by atoms with Gasteiger partial charge in [0.15, 0.2) is 15.5 Å². The highest BCUT2D eigenvalue weighted by atomic mass is 32.2. The number of hydrogen-bond acceptors (Lipinski definition) is 5. The zero-order chi connectivity index (χ0) is 19.7. The maximum Gasteiger partial charge on any atom is 0.175 e. The van der Waals surface area contributed by atoms with Crippen molar-refractivity contribution in [1.29, 1.82) is 0 Å². The topological polar surface area (TPSA) is 84.9 Å². The molecule has 0 fully saturated rings. The second-order valence-corrected chi connectivity index (χ2v) is 8.61. The van der Waals surface area contributed by atoms with Crippen LogP contribution in [0.4, 0.5) is 0 Å². The van der Waals surface area contributed by atoms with Gasteiger partial charge in [-0.15, -0.1) is 0 Å². The molecule has 0 saturated carbocycles. The van der Waals surface area contributed by atoms with E-state index in [1.165, 1.54) is 6.26 Å². The molecule has 2 aromatic carbocycles. The first-order valence-electron chi connectivity index (χ1n) is 8.70. The summed E-state index contributed by atoms with van der Waals surface area (Å²) in [5.41, 5.74) is 4.39. The van der Waals surface area contributed by atoms with Crippen LogP contribution in [-0.2, 0) is 16.3 Å². The highest BCUT2D eigenvalue weighted by Crippen LogP contribution is 2.24. The van der Waals surface area contributed by atoms with Gasteiger partial charge in [0.25, 0.3) is 0 Å². The highest BCUT2D eigenvalue weighted by molar-refractivity contribution is 7.90. The van der Waals surface area contributed by atoms with Gasteiger partial charge < -0.3 is 9.72 Å². The van der Waals surface area contributed by atoms with Crippen molar-refractivity contribution in [2.24, 2.45) is 0 Å². The van der Waals surface area contributed by atoms with Gasteiger partial charge >= 0.3 is 0 Å². The third-order valence-corrected chi connectivity index (χ3v) is 5.66. The molecule has 2 aromatic heterocycles. The zero-order valence-corrected chi connectivity index (χ0v) is 16.3. The van der Waals surface area contributed by atoms with Crippen LogP contribution >= 0.6 is 0 Å². The van der Waals surface area contributed by atoms with Crippen molar-refractivity contribution >= 4 is 21.0 Å². The molecule has 4 rings (SSSR count). The normalized spacial score (nSPS) is 11.6. The lowest BCUT2D eigenvalue weighted by Gasteiger charge is -2.03. The third-order valence-electron chi connectivity index (χ3n) is 4.53. The van der Waals surface area contributed by atoms with Crippen LogP contribution in [0.2, 0.25) is 0 Å². The van der Waals surface area contributed by atoms with E-state index in [4.69, 9.17) is 4.74 Å². The van der Waals surface area contributed by atoms with Crippen molar-refractivity contribution in [3.8, 4) is 16.9 Å². The van der Waals surface area contributed by atoms with E-state index in [-0.39, 0.29) is 0 Å². The monoisotopic (exact) mass is 393 g/mol. The minimum absolute atomic E-state index is 0.298. The maximum absolute atomic E-state index is 11.6. The summed E-state index contributed by atoms with van der Waals surface area (Å²) in [5, 5.41) is 0. The summed E-state index contributed by atoms with van der Waals surface area (Å²) >= 11 is 0. The lowest BCUT2D eigenvalue weighted by Crippen LogP contribution is -1.96. The fraction of sp³-hybridized carbons (Fsp3) is 0.143. The number of pyridine rings is 1. The van der Waals surface area contributed by atoms with E-state index in [9.17, 15) is 8.42 Å². The quantitative estimate of drug-likeness (QED) is 0.560. The summed E-state index contributed by atoms with van der Waals surface area (Å²) in [4.78, 5) is 12.7. The van der Waals surface area contributed by atoms with E-state index >= 15 is 0 Å². The number of nitrogens with one attached hydrogen (secondary N) is 1. The number of methoxy groups -OCH3 is 1. The summed E-state index contributed by atoms with van der Waals surface area (Å²) in [6.45, 7) is 0. The van der Waals surface area contributed by atoms with Gasteiger partial charge in [-0.1, -0.05) is 24.3 Å². The van der Waals surface area contributed by atoms with Crippen LogP contribution in [0.3, 0.4) is 0 Å². The minimum atomic E-state index is -3.21. The highest BCUT2D eigenvalue weighted by Gasteiger charge is 2.10. The van der Waals surface area contributed by atoms with Gasteiger partial charge in [-0.3, -0.25) is 0 Å². The molecule has 0 radical (unpaired) electrons. The number of aromatic nitrogens is 3. The van der Waals surface area contributed by atoms with E-state index < -0.39 is 9.84 Å². The third kappa shape index (κ3) is 3.75. The van der Waals surface area contributed by atoms with Crippen LogP contribution in [0, 0.1) is 0 Å². The Morgan fingerprint density at radius 2 is 1.71 bits per heavy atom. The number of aromatic amines is 1. The average Bonchev–Trinajstić information content (AvgIpc) is 3.09. The molecule has 4 aromatic rings. The number of fused-ring (bicyclic) bond motifs is 1. The van der Waals surface area contributed by atoms with Crippen LogP contribution in [0.1, 0.15) is 11.4 Å². The van der Waals surface area contributed by atoms with Crippen molar-refractivity contribution < 1.29 is 13.2 Å². The molecule has 0 spiro atoms. The number of imidazole rings is 1. The molecule has 0 saturated heterocycles. The van der Waals surface area contributed by atoms with Crippen molar-refractivity contribution in [2.75, 3.05) is 13.4 Å². The SMILES string of the molecule is COc1ccc(Cc2nc3cc(-c4ccc(S(C)(=O)=O)cc4)cnc3[nH]2)cc1. The standard InChI is InChI=1S/C21H19N3O3S/c1-27-17-7-3-14(4-8-17)11-20-23-19-12-16(13-22-21(19)24-20)15-5-9-18(10-6-15)28(2,25)26/h3-10,12-13H,11H2,1-2H3,(H,22,23,24). The van der Waals surface area contributed by atoms with Gasteiger partial charge in [-0.05, 0) is 41.5 Å². The molecule has 2 heterocycles. The zero-order valence-electron chi connectivity index (χ0n) is 15.5. The average molecular weight is 393 g/mol. The number of H-pyrrole nitrogens is 1. The van der Waals surface area contributed by atoms with E-state index in [0.717, 1.165) is 39.4 Å². The molecule has 1 N–H and O–H groups in total. The Labute approximate surface area is 163 Å². The van der Waals surface area contributed by atoms with Crippen LogP contribution in [0.5, 0.6) is 5.75 Å². The summed E-state index contributed by atoms with van der Waals surface area (Å²) in [5.74, 6) is 1.65. The number of sulfone groups is 1. The molecule has 28 heavy (non-hydrogen) atoms. The van der Waals surface area contributed by atoms with Gasteiger partial charge in [-0.25, -0.2) is 18.4 Å². The van der Waals surface area contributed by atoms with Gasteiger partial charge in [0.2, 0.25) is 0 Å². The lowest BCUT2D eigenvalue weighted by atomic mass is 10.1. The van der Waals surface area contributed by atoms with E-state index in [1.807, 2.05) is 30.3 Å². The molecule has 0 aliphatic carbocycles. The number of nitrogens with zero attached hydrogens (tertiary/aromatic N) is 2. The molecule has 7 heteroatoms. The number of benzene rings is 2. The predicted octanol–water partition coefficient (Wildman–Crippen LogP) is 3.63. The Hall–Kier alpha value is -3.19. The Bertz CT molecular complexity index is 1230. The van der Waals surface area contributed by atoms with Crippen LogP contribution < -0.4 is 4.74 Å². The van der Waals surface area contributed by atoms with Crippen LogP contribution in [-0.4, -0.2) is 36.7 Å². The smallest absolute Gasteiger partial charge is 0.175 e. The fourth-order valence-corrected chi connectivity index (χ4v) is 3.65. The van der Waals surface area contributed by atoms with Gasteiger partial charge in [0.05, 0.1) is 12.0 Å². The predicted molar refractivity (Wildman–Crippen MR) is 108 cm³/mol. The Kier molecular flexibility index (Phi) is 4.60. The van der Waals surface area contributed by atoms with Crippen molar-refractivity contribution in [3.63, 3.8) is 0 Å². The van der Waals surface area contributed by atoms with Crippen molar-refractivity contribution in [1.82, 2.24) is 15.0 Å². The molecule has 0 aliphatic rings. The Morgan fingerprint density at radius 3 is 2.36 bits per heavy atom.